The van der Waals surface area contributed by atoms with E-state index in [1.807, 2.05) is 30.4 Å². The van der Waals surface area contributed by atoms with E-state index in [0.717, 1.165) is 42.1 Å². The van der Waals surface area contributed by atoms with Gasteiger partial charge in [-0.3, -0.25) is 9.89 Å². The third kappa shape index (κ3) is 7.57. The quantitative estimate of drug-likeness (QED) is 0.202. The van der Waals surface area contributed by atoms with E-state index in [2.05, 4.69) is 32.4 Å². The van der Waals surface area contributed by atoms with Gasteiger partial charge in [-0.1, -0.05) is 18.7 Å². The number of thioether (sulfide) groups is 1. The molecule has 1 aromatic rings. The van der Waals surface area contributed by atoms with Crippen LogP contribution in [0.4, 0.5) is 0 Å². The zero-order valence-corrected chi connectivity index (χ0v) is 17.9. The minimum absolute atomic E-state index is 0. The second-order valence-corrected chi connectivity index (χ2v) is 7.54. The van der Waals surface area contributed by atoms with E-state index in [0.29, 0.717) is 6.04 Å². The van der Waals surface area contributed by atoms with Gasteiger partial charge in [0.1, 0.15) is 4.34 Å². The van der Waals surface area contributed by atoms with E-state index in [1.165, 1.54) is 19.4 Å². The number of likely N-dealkylation sites (tertiary alicyclic amines) is 1. The minimum atomic E-state index is 0. The number of nitrogens with one attached hydrogen (secondary N) is 2. The molecule has 0 saturated carbocycles. The molecule has 0 bridgehead atoms. The summed E-state index contributed by atoms with van der Waals surface area (Å²) in [4.78, 5) is 11.1. The highest BCUT2D eigenvalue weighted by Gasteiger charge is 2.22. The number of hydrogen-bond donors (Lipinski definition) is 2. The van der Waals surface area contributed by atoms with E-state index >= 15 is 0 Å². The maximum absolute atomic E-state index is 4.31. The first-order valence-electron chi connectivity index (χ1n) is 8.04. The summed E-state index contributed by atoms with van der Waals surface area (Å²) in [7, 11) is 1.84. The Balaban J connectivity index is 0.00000264. The fourth-order valence-corrected chi connectivity index (χ4v) is 4.35. The summed E-state index contributed by atoms with van der Waals surface area (Å²) >= 11 is 3.53. The van der Waals surface area contributed by atoms with Crippen LogP contribution in [0.3, 0.4) is 0 Å². The number of hydrogen-bond acceptors (Lipinski definition) is 5. The van der Waals surface area contributed by atoms with E-state index in [-0.39, 0.29) is 24.0 Å². The van der Waals surface area contributed by atoms with Gasteiger partial charge >= 0.3 is 0 Å². The summed E-state index contributed by atoms with van der Waals surface area (Å²) in [6.45, 7) is 6.56. The molecule has 1 unspecified atom stereocenters. The van der Waals surface area contributed by atoms with Crippen molar-refractivity contribution in [2.45, 2.75) is 36.6 Å². The summed E-state index contributed by atoms with van der Waals surface area (Å²) in [6.07, 6.45) is 5.58. The number of guanidine groups is 1. The second-order valence-electron chi connectivity index (χ2n) is 5.30. The molecule has 0 aromatic carbocycles. The molecule has 1 saturated heterocycles. The van der Waals surface area contributed by atoms with Gasteiger partial charge < -0.3 is 10.6 Å². The van der Waals surface area contributed by atoms with Crippen molar-refractivity contribution < 1.29 is 0 Å². The molecule has 1 aliphatic heterocycles. The van der Waals surface area contributed by atoms with Crippen LogP contribution in [-0.4, -0.2) is 60.9 Å². The Morgan fingerprint density at radius 1 is 1.52 bits per heavy atom. The predicted molar refractivity (Wildman–Crippen MR) is 113 cm³/mol. The van der Waals surface area contributed by atoms with Gasteiger partial charge in [-0.25, -0.2) is 4.98 Å². The Morgan fingerprint density at radius 3 is 3.09 bits per heavy atom. The highest BCUT2D eigenvalue weighted by atomic mass is 127. The normalized spacial score (nSPS) is 18.7. The molecule has 0 amide bonds. The van der Waals surface area contributed by atoms with Crippen LogP contribution in [0.1, 0.15) is 26.2 Å². The lowest BCUT2D eigenvalue weighted by molar-refractivity contribution is 0.267. The second kappa shape index (κ2) is 12.3. The van der Waals surface area contributed by atoms with Crippen molar-refractivity contribution in [2.24, 2.45) is 4.99 Å². The SMILES string of the molecule is CCN1CCCC1CNC(=NC)NCCCSc1nccs1.I. The summed E-state index contributed by atoms with van der Waals surface area (Å²) in [5.74, 6) is 2.01. The third-order valence-corrected chi connectivity index (χ3v) is 5.93. The maximum atomic E-state index is 4.31. The van der Waals surface area contributed by atoms with Crippen molar-refractivity contribution in [3.8, 4) is 0 Å². The van der Waals surface area contributed by atoms with Crippen molar-refractivity contribution in [1.29, 1.82) is 0 Å². The number of aromatic nitrogens is 1. The first kappa shape index (κ1) is 21.0. The summed E-state index contributed by atoms with van der Waals surface area (Å²) in [5.41, 5.74) is 0. The number of likely N-dealkylation sites (N-methyl/N-ethyl adjacent to an activating group) is 1. The Hall–Kier alpha value is -0.0600. The van der Waals surface area contributed by atoms with Crippen LogP contribution in [0, 0.1) is 0 Å². The van der Waals surface area contributed by atoms with Crippen LogP contribution in [-0.2, 0) is 0 Å². The van der Waals surface area contributed by atoms with Crippen molar-refractivity contribution >= 4 is 53.0 Å². The molecule has 8 heteroatoms. The highest BCUT2D eigenvalue weighted by molar-refractivity contribution is 14.0. The van der Waals surface area contributed by atoms with Crippen LogP contribution in [0.2, 0.25) is 0 Å². The Morgan fingerprint density at radius 2 is 2.39 bits per heavy atom. The minimum Gasteiger partial charge on any atom is -0.356 e. The first-order chi connectivity index (χ1) is 10.8. The fourth-order valence-electron chi connectivity index (χ4n) is 2.70. The molecule has 132 valence electrons. The van der Waals surface area contributed by atoms with Gasteiger partial charge in [0.05, 0.1) is 0 Å². The largest absolute Gasteiger partial charge is 0.356 e. The molecular weight excluding hydrogens is 441 g/mol. The molecule has 1 atom stereocenters. The monoisotopic (exact) mass is 469 g/mol. The molecule has 23 heavy (non-hydrogen) atoms. The standard InChI is InChI=1S/C15H27N5S2.HI/c1-3-20-9-4-6-13(20)12-19-14(16-2)17-7-5-10-21-15-18-8-11-22-15;/h8,11,13H,3-7,9-10,12H2,1-2H3,(H2,16,17,19);1H. The zero-order valence-electron chi connectivity index (χ0n) is 14.0. The smallest absolute Gasteiger partial charge is 0.191 e. The summed E-state index contributed by atoms with van der Waals surface area (Å²) < 4.78 is 1.16. The molecule has 0 radical (unpaired) electrons. The third-order valence-electron chi connectivity index (χ3n) is 3.88. The molecule has 1 fully saturated rings. The van der Waals surface area contributed by atoms with Crippen molar-refractivity contribution in [3.05, 3.63) is 11.6 Å². The molecule has 1 aliphatic rings. The summed E-state index contributed by atoms with van der Waals surface area (Å²) in [5, 5.41) is 8.88. The lowest BCUT2D eigenvalue weighted by Gasteiger charge is -2.23. The average molecular weight is 469 g/mol. The lowest BCUT2D eigenvalue weighted by Crippen LogP contribution is -2.45. The summed E-state index contributed by atoms with van der Waals surface area (Å²) in [6, 6.07) is 0.656. The van der Waals surface area contributed by atoms with Gasteiger partial charge in [0.15, 0.2) is 5.96 Å². The van der Waals surface area contributed by atoms with Gasteiger partial charge in [0, 0.05) is 43.5 Å². The van der Waals surface area contributed by atoms with Gasteiger partial charge in [-0.15, -0.1) is 35.3 Å². The van der Waals surface area contributed by atoms with Gasteiger partial charge in [-0.2, -0.15) is 0 Å². The van der Waals surface area contributed by atoms with Crippen molar-refractivity contribution in [1.82, 2.24) is 20.5 Å². The Kier molecular flexibility index (Phi) is 11.2. The topological polar surface area (TPSA) is 52.5 Å². The number of nitrogens with zero attached hydrogens (tertiary/aromatic N) is 3. The molecule has 5 nitrogen and oxygen atoms in total. The zero-order chi connectivity index (χ0) is 15.6. The predicted octanol–water partition coefficient (Wildman–Crippen LogP) is 2.89. The van der Waals surface area contributed by atoms with Crippen LogP contribution >= 0.6 is 47.1 Å². The average Bonchev–Trinajstić information content (AvgIpc) is 3.21. The van der Waals surface area contributed by atoms with E-state index in [9.17, 15) is 0 Å². The molecule has 2 rings (SSSR count). The maximum Gasteiger partial charge on any atom is 0.191 e. The van der Waals surface area contributed by atoms with Gasteiger partial charge in [-0.05, 0) is 32.4 Å². The molecule has 2 N–H and O–H groups in total. The fraction of sp³-hybridized carbons (Fsp3) is 0.733. The van der Waals surface area contributed by atoms with Crippen molar-refractivity contribution in [3.63, 3.8) is 0 Å². The van der Waals surface area contributed by atoms with E-state index < -0.39 is 0 Å². The van der Waals surface area contributed by atoms with Crippen LogP contribution in [0.15, 0.2) is 20.9 Å². The number of rotatable bonds is 8. The lowest BCUT2D eigenvalue weighted by atomic mass is 10.2. The Bertz CT molecular complexity index is 441. The molecular formula is C15H28IN5S2. The van der Waals surface area contributed by atoms with Crippen LogP contribution in [0.25, 0.3) is 0 Å². The highest BCUT2D eigenvalue weighted by Crippen LogP contribution is 2.20. The van der Waals surface area contributed by atoms with Crippen LogP contribution < -0.4 is 10.6 Å². The van der Waals surface area contributed by atoms with Crippen molar-refractivity contribution in [2.75, 3.05) is 39.0 Å². The molecule has 0 spiro atoms. The number of halogens is 1. The molecule has 1 aromatic heterocycles. The Labute approximate surface area is 165 Å². The number of aliphatic imine (C=N–C) groups is 1. The van der Waals surface area contributed by atoms with Gasteiger partial charge in [0.2, 0.25) is 0 Å². The van der Waals surface area contributed by atoms with E-state index in [4.69, 9.17) is 0 Å². The molecule has 0 aliphatic carbocycles. The van der Waals surface area contributed by atoms with E-state index in [1.54, 1.807) is 11.3 Å². The van der Waals surface area contributed by atoms with Crippen LogP contribution in [0.5, 0.6) is 0 Å². The first-order valence-corrected chi connectivity index (χ1v) is 9.91. The number of thiazole rings is 1. The molecule has 2 heterocycles. The van der Waals surface area contributed by atoms with Gasteiger partial charge in [0.25, 0.3) is 0 Å².